The van der Waals surface area contributed by atoms with Crippen LogP contribution in [0.5, 0.6) is 0 Å². The fourth-order valence-electron chi connectivity index (χ4n) is 2.82. The van der Waals surface area contributed by atoms with Crippen molar-refractivity contribution in [3.63, 3.8) is 0 Å². The molecule has 4 aromatic rings. The van der Waals surface area contributed by atoms with Gasteiger partial charge in [0.1, 0.15) is 29.1 Å². The number of para-hydroxylation sites is 1. The summed E-state index contributed by atoms with van der Waals surface area (Å²) in [6.45, 7) is 0. The first-order chi connectivity index (χ1) is 12.7. The number of pyridine rings is 1. The Morgan fingerprint density at radius 2 is 2.00 bits per heavy atom. The largest absolute Gasteiger partial charge is 0.459 e. The van der Waals surface area contributed by atoms with Crippen LogP contribution in [-0.2, 0) is 0 Å². The molecule has 6 nitrogen and oxygen atoms in total. The zero-order valence-electron chi connectivity index (χ0n) is 13.6. The van der Waals surface area contributed by atoms with Crippen molar-refractivity contribution in [2.45, 2.75) is 6.04 Å². The van der Waals surface area contributed by atoms with Crippen molar-refractivity contribution in [1.29, 1.82) is 5.26 Å². The Hall–Kier alpha value is -3.85. The lowest BCUT2D eigenvalue weighted by Gasteiger charge is -2.16. The SMILES string of the molecule is N#Cc1cc(C(=O)N[C@@H](c2ccncc2)c2cc3ccccc3o2)c[nH]1. The molecule has 6 heteroatoms. The Labute approximate surface area is 149 Å². The van der Waals surface area contributed by atoms with Gasteiger partial charge < -0.3 is 14.7 Å². The Morgan fingerprint density at radius 3 is 2.73 bits per heavy atom. The number of fused-ring (bicyclic) bond motifs is 1. The number of carbonyl (C=O) groups excluding carboxylic acids is 1. The van der Waals surface area contributed by atoms with Gasteiger partial charge in [-0.05, 0) is 35.9 Å². The first-order valence-electron chi connectivity index (χ1n) is 8.02. The number of rotatable bonds is 4. The van der Waals surface area contributed by atoms with Gasteiger partial charge in [0, 0.05) is 24.0 Å². The molecule has 2 N–H and O–H groups in total. The lowest BCUT2D eigenvalue weighted by molar-refractivity contribution is 0.0939. The number of aromatic nitrogens is 2. The quantitative estimate of drug-likeness (QED) is 0.593. The van der Waals surface area contributed by atoms with Gasteiger partial charge in [-0.15, -0.1) is 0 Å². The molecule has 1 amide bonds. The van der Waals surface area contributed by atoms with E-state index in [1.165, 1.54) is 12.3 Å². The van der Waals surface area contributed by atoms with Gasteiger partial charge in [-0.3, -0.25) is 9.78 Å². The molecule has 1 aromatic carbocycles. The van der Waals surface area contributed by atoms with Crippen LogP contribution in [0, 0.1) is 11.3 Å². The smallest absolute Gasteiger partial charge is 0.253 e. The minimum absolute atomic E-state index is 0.301. The molecule has 0 unspecified atom stereocenters. The zero-order valence-corrected chi connectivity index (χ0v) is 13.6. The third-order valence-electron chi connectivity index (χ3n) is 4.11. The standard InChI is InChI=1S/C20H14N4O2/c21-11-16-9-15(12-23-16)20(25)24-19(13-5-7-22-8-6-13)18-10-14-3-1-2-4-17(14)26-18/h1-10,12,19,23H,(H,24,25)/t19-/m0/s1. The van der Waals surface area contributed by atoms with Gasteiger partial charge in [0.25, 0.3) is 5.91 Å². The van der Waals surface area contributed by atoms with E-state index in [4.69, 9.17) is 9.68 Å². The minimum atomic E-state index is -0.474. The number of amides is 1. The van der Waals surface area contributed by atoms with Crippen molar-refractivity contribution >= 4 is 16.9 Å². The van der Waals surface area contributed by atoms with Crippen LogP contribution >= 0.6 is 0 Å². The number of carbonyl (C=O) groups is 1. The molecular formula is C20H14N4O2. The molecule has 0 saturated heterocycles. The lowest BCUT2D eigenvalue weighted by Crippen LogP contribution is -2.28. The van der Waals surface area contributed by atoms with Gasteiger partial charge in [-0.2, -0.15) is 5.26 Å². The Balaban J connectivity index is 1.71. The van der Waals surface area contributed by atoms with Crippen LogP contribution < -0.4 is 5.32 Å². The number of hydrogen-bond acceptors (Lipinski definition) is 4. The number of furan rings is 1. The molecule has 3 aromatic heterocycles. The van der Waals surface area contributed by atoms with Crippen LogP contribution in [0.15, 0.2) is 71.5 Å². The summed E-state index contributed by atoms with van der Waals surface area (Å²) in [5.74, 6) is 0.326. The summed E-state index contributed by atoms with van der Waals surface area (Å²) in [7, 11) is 0. The normalized spacial score (nSPS) is 11.8. The molecule has 0 spiro atoms. The first kappa shape index (κ1) is 15.7. The summed E-state index contributed by atoms with van der Waals surface area (Å²) in [6, 6.07) is 16.3. The summed E-state index contributed by atoms with van der Waals surface area (Å²) in [5.41, 5.74) is 2.32. The molecule has 0 radical (unpaired) electrons. The highest BCUT2D eigenvalue weighted by Crippen LogP contribution is 2.28. The highest BCUT2D eigenvalue weighted by molar-refractivity contribution is 5.95. The van der Waals surface area contributed by atoms with E-state index in [1.807, 2.05) is 48.5 Å². The van der Waals surface area contributed by atoms with Crippen molar-refractivity contribution < 1.29 is 9.21 Å². The summed E-state index contributed by atoms with van der Waals surface area (Å²) < 4.78 is 5.95. The zero-order chi connectivity index (χ0) is 17.9. The van der Waals surface area contributed by atoms with Crippen molar-refractivity contribution in [3.8, 4) is 6.07 Å². The molecular weight excluding hydrogens is 328 g/mol. The Bertz CT molecular complexity index is 1070. The molecule has 0 aliphatic rings. The van der Waals surface area contributed by atoms with Crippen LogP contribution in [0.2, 0.25) is 0 Å². The summed E-state index contributed by atoms with van der Waals surface area (Å²) in [5, 5.41) is 12.9. The second-order valence-electron chi connectivity index (χ2n) is 5.79. The molecule has 4 rings (SSSR count). The highest BCUT2D eigenvalue weighted by atomic mass is 16.3. The second kappa shape index (κ2) is 6.57. The second-order valence-corrected chi connectivity index (χ2v) is 5.79. The van der Waals surface area contributed by atoms with Crippen LogP contribution in [0.25, 0.3) is 11.0 Å². The molecule has 0 aliphatic carbocycles. The maximum absolute atomic E-state index is 12.6. The van der Waals surface area contributed by atoms with E-state index in [1.54, 1.807) is 12.4 Å². The Morgan fingerprint density at radius 1 is 1.19 bits per heavy atom. The van der Waals surface area contributed by atoms with E-state index >= 15 is 0 Å². The summed E-state index contributed by atoms with van der Waals surface area (Å²) >= 11 is 0. The Kier molecular flexibility index (Phi) is 3.96. The minimum Gasteiger partial charge on any atom is -0.459 e. The molecule has 3 heterocycles. The summed E-state index contributed by atoms with van der Waals surface area (Å²) in [4.78, 5) is 19.4. The van der Waals surface area contributed by atoms with Gasteiger partial charge in [-0.1, -0.05) is 18.2 Å². The van der Waals surface area contributed by atoms with Crippen LogP contribution in [0.4, 0.5) is 0 Å². The average Bonchev–Trinajstić information content (AvgIpc) is 3.33. The van der Waals surface area contributed by atoms with E-state index in [0.29, 0.717) is 17.0 Å². The van der Waals surface area contributed by atoms with Crippen LogP contribution in [-0.4, -0.2) is 15.9 Å². The van der Waals surface area contributed by atoms with Crippen LogP contribution in [0.3, 0.4) is 0 Å². The van der Waals surface area contributed by atoms with Crippen LogP contribution in [0.1, 0.15) is 33.4 Å². The van der Waals surface area contributed by atoms with Gasteiger partial charge in [0.05, 0.1) is 5.56 Å². The van der Waals surface area contributed by atoms with Crippen molar-refractivity contribution in [2.75, 3.05) is 0 Å². The molecule has 26 heavy (non-hydrogen) atoms. The summed E-state index contributed by atoms with van der Waals surface area (Å²) in [6.07, 6.45) is 4.85. The van der Waals surface area contributed by atoms with E-state index in [2.05, 4.69) is 15.3 Å². The molecule has 1 atom stereocenters. The van der Waals surface area contributed by atoms with Crippen molar-refractivity contribution in [2.24, 2.45) is 0 Å². The maximum atomic E-state index is 12.6. The fraction of sp³-hybridized carbons (Fsp3) is 0.0500. The number of hydrogen-bond donors (Lipinski definition) is 2. The predicted molar refractivity (Wildman–Crippen MR) is 95.3 cm³/mol. The predicted octanol–water partition coefficient (Wildman–Crippen LogP) is 3.55. The fourth-order valence-corrected chi connectivity index (χ4v) is 2.82. The van der Waals surface area contributed by atoms with Gasteiger partial charge in [-0.25, -0.2) is 0 Å². The van der Waals surface area contributed by atoms with Gasteiger partial charge >= 0.3 is 0 Å². The molecule has 126 valence electrons. The van der Waals surface area contributed by atoms with E-state index in [0.717, 1.165) is 16.5 Å². The lowest BCUT2D eigenvalue weighted by atomic mass is 10.1. The van der Waals surface area contributed by atoms with E-state index in [-0.39, 0.29) is 5.91 Å². The van der Waals surface area contributed by atoms with E-state index < -0.39 is 6.04 Å². The van der Waals surface area contributed by atoms with E-state index in [9.17, 15) is 4.79 Å². The number of nitriles is 1. The number of nitrogens with one attached hydrogen (secondary N) is 2. The molecule has 0 aliphatic heterocycles. The number of nitrogens with zero attached hydrogens (tertiary/aromatic N) is 2. The molecule has 0 saturated carbocycles. The van der Waals surface area contributed by atoms with Gasteiger partial charge in [0.2, 0.25) is 0 Å². The first-order valence-corrected chi connectivity index (χ1v) is 8.02. The van der Waals surface area contributed by atoms with Gasteiger partial charge in [0.15, 0.2) is 0 Å². The molecule has 0 bridgehead atoms. The van der Waals surface area contributed by atoms with Crippen molar-refractivity contribution in [1.82, 2.24) is 15.3 Å². The highest BCUT2D eigenvalue weighted by Gasteiger charge is 2.22. The monoisotopic (exact) mass is 342 g/mol. The average molecular weight is 342 g/mol. The number of benzene rings is 1. The number of aromatic amines is 1. The molecule has 0 fully saturated rings. The van der Waals surface area contributed by atoms with Crippen molar-refractivity contribution in [3.05, 3.63) is 89.7 Å². The number of H-pyrrole nitrogens is 1. The maximum Gasteiger partial charge on any atom is 0.253 e. The third kappa shape index (κ3) is 2.94. The third-order valence-corrected chi connectivity index (χ3v) is 4.11. The topological polar surface area (TPSA) is 94.7 Å².